The Hall–Kier alpha value is -4.41. The standard InChI is InChI=1S/C36H44N8O2/c1-23-19-29(35(45)39-30-3-2-4-30)15-18-32(23)27-11-9-24(10-12-27)20-33(38-22-26-7-5-25(21-37)6-8-26)36(46)40-31-16-13-28(14-17-31)34-41-43-44-42-34/h9-19,25-26,30,33,38H,2-8,20-22,37H2,1H3,(H,39,45)(H,40,46)(H,41,42,43,44). The Morgan fingerprint density at radius 1 is 0.913 bits per heavy atom. The Morgan fingerprint density at radius 3 is 2.26 bits per heavy atom. The van der Waals surface area contributed by atoms with E-state index >= 15 is 0 Å². The van der Waals surface area contributed by atoms with Gasteiger partial charge in [0.15, 0.2) is 0 Å². The van der Waals surface area contributed by atoms with Crippen molar-refractivity contribution in [3.63, 3.8) is 0 Å². The Morgan fingerprint density at radius 2 is 1.63 bits per heavy atom. The van der Waals surface area contributed by atoms with Crippen molar-refractivity contribution >= 4 is 17.5 Å². The summed E-state index contributed by atoms with van der Waals surface area (Å²) < 4.78 is 0. The number of aromatic nitrogens is 4. The zero-order valence-corrected chi connectivity index (χ0v) is 26.5. The summed E-state index contributed by atoms with van der Waals surface area (Å²) in [5, 5.41) is 23.9. The molecule has 2 fully saturated rings. The third kappa shape index (κ3) is 7.86. The molecule has 0 saturated heterocycles. The highest BCUT2D eigenvalue weighted by Crippen LogP contribution is 2.29. The van der Waals surface area contributed by atoms with Gasteiger partial charge >= 0.3 is 0 Å². The van der Waals surface area contributed by atoms with E-state index in [0.717, 1.165) is 79.4 Å². The Labute approximate surface area is 270 Å². The summed E-state index contributed by atoms with van der Waals surface area (Å²) in [5.41, 5.74) is 12.4. The zero-order valence-electron chi connectivity index (χ0n) is 26.5. The molecule has 0 aliphatic heterocycles. The average molecular weight is 621 g/mol. The number of hydrogen-bond donors (Lipinski definition) is 5. The molecule has 1 atom stereocenters. The molecule has 10 heteroatoms. The molecule has 0 spiro atoms. The summed E-state index contributed by atoms with van der Waals surface area (Å²) in [7, 11) is 0. The van der Waals surface area contributed by atoms with Gasteiger partial charge in [-0.15, -0.1) is 10.2 Å². The van der Waals surface area contributed by atoms with E-state index in [1.54, 1.807) is 0 Å². The quantitative estimate of drug-likeness (QED) is 0.149. The lowest BCUT2D eigenvalue weighted by Gasteiger charge is -2.29. The van der Waals surface area contributed by atoms with Crippen molar-refractivity contribution in [2.75, 3.05) is 18.4 Å². The number of H-pyrrole nitrogens is 1. The molecule has 6 rings (SSSR count). The molecule has 2 amide bonds. The van der Waals surface area contributed by atoms with E-state index in [4.69, 9.17) is 5.73 Å². The molecule has 1 aromatic heterocycles. The van der Waals surface area contributed by atoms with Gasteiger partial charge in [-0.2, -0.15) is 5.21 Å². The number of hydrogen-bond acceptors (Lipinski definition) is 7. The fourth-order valence-electron chi connectivity index (χ4n) is 6.46. The summed E-state index contributed by atoms with van der Waals surface area (Å²) in [4.78, 5) is 26.3. The third-order valence-electron chi connectivity index (χ3n) is 9.66. The van der Waals surface area contributed by atoms with Crippen LogP contribution in [0.15, 0.2) is 66.7 Å². The molecule has 2 aliphatic carbocycles. The van der Waals surface area contributed by atoms with Gasteiger partial charge in [-0.05, 0) is 147 Å². The van der Waals surface area contributed by atoms with Crippen molar-refractivity contribution in [1.82, 2.24) is 31.3 Å². The highest BCUT2D eigenvalue weighted by Gasteiger charge is 2.24. The van der Waals surface area contributed by atoms with Gasteiger partial charge in [0.05, 0.1) is 6.04 Å². The lowest BCUT2D eigenvalue weighted by atomic mass is 9.82. The summed E-state index contributed by atoms with van der Waals surface area (Å²) in [6, 6.07) is 21.7. The third-order valence-corrected chi connectivity index (χ3v) is 9.66. The number of aryl methyl sites for hydroxylation is 1. The van der Waals surface area contributed by atoms with Gasteiger partial charge in [0.1, 0.15) is 0 Å². The number of carbonyl (C=O) groups is 2. The van der Waals surface area contributed by atoms with Gasteiger partial charge in [-0.25, -0.2) is 0 Å². The van der Waals surface area contributed by atoms with Crippen LogP contribution in [0.25, 0.3) is 22.5 Å². The number of rotatable bonds is 12. The first-order valence-electron chi connectivity index (χ1n) is 16.5. The molecule has 6 N–H and O–H groups in total. The summed E-state index contributed by atoms with van der Waals surface area (Å²) in [5.74, 6) is 1.59. The topological polar surface area (TPSA) is 151 Å². The number of carbonyl (C=O) groups excluding carboxylic acids is 2. The van der Waals surface area contributed by atoms with Gasteiger partial charge in [0, 0.05) is 22.9 Å². The molecule has 46 heavy (non-hydrogen) atoms. The van der Waals surface area contributed by atoms with Crippen LogP contribution in [0.1, 0.15) is 66.4 Å². The Balaban J connectivity index is 1.12. The van der Waals surface area contributed by atoms with Crippen LogP contribution in [0.2, 0.25) is 0 Å². The van der Waals surface area contributed by atoms with Crippen molar-refractivity contribution in [3.05, 3.63) is 83.4 Å². The minimum absolute atomic E-state index is 0.00172. The van der Waals surface area contributed by atoms with E-state index in [9.17, 15) is 9.59 Å². The van der Waals surface area contributed by atoms with E-state index in [1.165, 1.54) is 6.42 Å². The molecule has 1 heterocycles. The fraction of sp³-hybridized carbons (Fsp3) is 0.417. The molecular formula is C36H44N8O2. The van der Waals surface area contributed by atoms with Crippen LogP contribution in [0, 0.1) is 18.8 Å². The second-order valence-electron chi connectivity index (χ2n) is 12.9. The van der Waals surface area contributed by atoms with Crippen LogP contribution in [-0.2, 0) is 11.2 Å². The van der Waals surface area contributed by atoms with Crippen LogP contribution >= 0.6 is 0 Å². The normalized spacial score (nSPS) is 18.8. The molecule has 2 saturated carbocycles. The maximum atomic E-state index is 13.6. The fourth-order valence-corrected chi connectivity index (χ4v) is 6.46. The minimum Gasteiger partial charge on any atom is -0.349 e. The number of anilines is 1. The van der Waals surface area contributed by atoms with Crippen LogP contribution in [0.5, 0.6) is 0 Å². The Bertz CT molecular complexity index is 1590. The zero-order chi connectivity index (χ0) is 31.9. The first-order valence-corrected chi connectivity index (χ1v) is 16.5. The lowest BCUT2D eigenvalue weighted by molar-refractivity contribution is -0.118. The van der Waals surface area contributed by atoms with Crippen LogP contribution in [-0.4, -0.2) is 57.6 Å². The second kappa shape index (κ2) is 14.8. The summed E-state index contributed by atoms with van der Waals surface area (Å²) in [6.45, 7) is 3.60. The number of nitrogens with one attached hydrogen (secondary N) is 4. The molecule has 240 valence electrons. The lowest BCUT2D eigenvalue weighted by Crippen LogP contribution is -2.44. The highest BCUT2D eigenvalue weighted by molar-refractivity contribution is 5.96. The highest BCUT2D eigenvalue weighted by atomic mass is 16.2. The first kappa shape index (κ1) is 31.6. The number of amides is 2. The number of nitrogens with zero attached hydrogens (tertiary/aromatic N) is 3. The van der Waals surface area contributed by atoms with E-state index in [1.807, 2.05) is 49.4 Å². The van der Waals surface area contributed by atoms with Gasteiger partial charge in [0.2, 0.25) is 11.7 Å². The minimum atomic E-state index is -0.398. The van der Waals surface area contributed by atoms with Gasteiger partial charge in [0.25, 0.3) is 5.91 Å². The first-order chi connectivity index (χ1) is 22.4. The summed E-state index contributed by atoms with van der Waals surface area (Å²) in [6.07, 6.45) is 8.46. The van der Waals surface area contributed by atoms with E-state index in [-0.39, 0.29) is 11.8 Å². The van der Waals surface area contributed by atoms with Crippen molar-refractivity contribution in [2.45, 2.75) is 70.4 Å². The number of aromatic amines is 1. The Kier molecular flexibility index (Phi) is 10.1. The summed E-state index contributed by atoms with van der Waals surface area (Å²) >= 11 is 0. The molecular weight excluding hydrogens is 576 g/mol. The smallest absolute Gasteiger partial charge is 0.251 e. The van der Waals surface area contributed by atoms with Gasteiger partial charge < -0.3 is 21.7 Å². The van der Waals surface area contributed by atoms with Crippen LogP contribution in [0.4, 0.5) is 5.69 Å². The maximum Gasteiger partial charge on any atom is 0.251 e. The van der Waals surface area contributed by atoms with Gasteiger partial charge in [-0.1, -0.05) is 30.3 Å². The number of benzene rings is 3. The molecule has 1 unspecified atom stereocenters. The van der Waals surface area contributed by atoms with Crippen molar-refractivity contribution in [2.24, 2.45) is 17.6 Å². The maximum absolute atomic E-state index is 13.6. The van der Waals surface area contributed by atoms with E-state index < -0.39 is 6.04 Å². The predicted octanol–water partition coefficient (Wildman–Crippen LogP) is 5.03. The van der Waals surface area contributed by atoms with Crippen molar-refractivity contribution < 1.29 is 9.59 Å². The SMILES string of the molecule is Cc1cc(C(=O)NC2CCC2)ccc1-c1ccc(CC(NCC2CCC(CN)CC2)C(=O)Nc2ccc(-c3nn[nH]n3)cc2)cc1. The molecule has 4 aromatic rings. The van der Waals surface area contributed by atoms with Gasteiger partial charge in [-0.3, -0.25) is 9.59 Å². The molecule has 2 aliphatic rings. The second-order valence-corrected chi connectivity index (χ2v) is 12.9. The largest absolute Gasteiger partial charge is 0.349 e. The predicted molar refractivity (Wildman–Crippen MR) is 180 cm³/mol. The van der Waals surface area contributed by atoms with E-state index in [2.05, 4.69) is 60.8 Å². The number of tetrazole rings is 1. The molecule has 3 aromatic carbocycles. The monoisotopic (exact) mass is 620 g/mol. The number of nitrogens with two attached hydrogens (primary N) is 1. The van der Waals surface area contributed by atoms with Crippen molar-refractivity contribution in [3.8, 4) is 22.5 Å². The molecule has 10 nitrogen and oxygen atoms in total. The molecule has 0 bridgehead atoms. The van der Waals surface area contributed by atoms with E-state index in [0.29, 0.717) is 41.4 Å². The molecule has 0 radical (unpaired) electrons. The van der Waals surface area contributed by atoms with Crippen LogP contribution in [0.3, 0.4) is 0 Å². The van der Waals surface area contributed by atoms with Crippen LogP contribution < -0.4 is 21.7 Å². The van der Waals surface area contributed by atoms with Crippen molar-refractivity contribution in [1.29, 1.82) is 0 Å². The average Bonchev–Trinajstić information content (AvgIpc) is 3.61.